The fourth-order valence-corrected chi connectivity index (χ4v) is 2.67. The van der Waals surface area contributed by atoms with Gasteiger partial charge in [0.15, 0.2) is 0 Å². The number of hydrogen-bond acceptors (Lipinski definition) is 4. The Balaban J connectivity index is 2.66. The van der Waals surface area contributed by atoms with Crippen LogP contribution in [0.1, 0.15) is 44.8 Å². The molecule has 0 aliphatic heterocycles. The molecule has 1 unspecified atom stereocenters. The molecule has 1 atom stereocenters. The summed E-state index contributed by atoms with van der Waals surface area (Å²) in [6, 6.07) is 0. The molecule has 1 N–H and O–H groups in total. The predicted molar refractivity (Wildman–Crippen MR) is 71.6 cm³/mol. The average molecular weight is 257 g/mol. The zero-order valence-corrected chi connectivity index (χ0v) is 12.2. The Kier molecular flexibility index (Phi) is 4.69. The monoisotopic (exact) mass is 257 g/mol. The maximum absolute atomic E-state index is 10.2. The molecule has 0 amide bonds. The molecule has 1 rings (SSSR count). The molecule has 1 aromatic rings. The van der Waals surface area contributed by atoms with Crippen molar-refractivity contribution in [2.45, 2.75) is 51.6 Å². The molecule has 1 aromatic heterocycles. The van der Waals surface area contributed by atoms with Crippen LogP contribution in [0.25, 0.3) is 0 Å². The van der Waals surface area contributed by atoms with Gasteiger partial charge in [0.1, 0.15) is 0 Å². The van der Waals surface area contributed by atoms with Crippen LogP contribution in [0.4, 0.5) is 0 Å². The van der Waals surface area contributed by atoms with Gasteiger partial charge in [-0.05, 0) is 13.3 Å². The summed E-state index contributed by atoms with van der Waals surface area (Å²) in [5.74, 6) is 0. The SMILES string of the molecule is COCCC(C)(O)Cc1nc(C(C)(C)C)cs1. The topological polar surface area (TPSA) is 42.4 Å². The van der Waals surface area contributed by atoms with Gasteiger partial charge >= 0.3 is 0 Å². The highest BCUT2D eigenvalue weighted by atomic mass is 32.1. The van der Waals surface area contributed by atoms with Crippen molar-refractivity contribution in [1.82, 2.24) is 4.98 Å². The Hall–Kier alpha value is -0.450. The third kappa shape index (κ3) is 4.74. The highest BCUT2D eigenvalue weighted by Crippen LogP contribution is 2.26. The number of methoxy groups -OCH3 is 1. The second-order valence-electron chi connectivity index (χ2n) is 5.79. The van der Waals surface area contributed by atoms with Gasteiger partial charge in [0.2, 0.25) is 0 Å². The summed E-state index contributed by atoms with van der Waals surface area (Å²) in [4.78, 5) is 4.59. The molecule has 0 aliphatic carbocycles. The van der Waals surface area contributed by atoms with Crippen LogP contribution in [0.2, 0.25) is 0 Å². The number of aromatic nitrogens is 1. The molecule has 3 nitrogen and oxygen atoms in total. The standard InChI is InChI=1S/C13H23NO2S/c1-12(2,3)10-9-17-11(14-10)8-13(4,15)6-7-16-5/h9,15H,6-8H2,1-5H3. The number of rotatable bonds is 5. The molecule has 0 radical (unpaired) electrons. The molecule has 0 saturated carbocycles. The first-order valence-electron chi connectivity index (χ1n) is 5.91. The van der Waals surface area contributed by atoms with Gasteiger partial charge in [0.05, 0.1) is 16.3 Å². The summed E-state index contributed by atoms with van der Waals surface area (Å²) in [5, 5.41) is 13.3. The molecule has 0 spiro atoms. The van der Waals surface area contributed by atoms with Gasteiger partial charge < -0.3 is 9.84 Å². The largest absolute Gasteiger partial charge is 0.390 e. The third-order valence-corrected chi connectivity index (χ3v) is 3.55. The molecule has 17 heavy (non-hydrogen) atoms. The second-order valence-corrected chi connectivity index (χ2v) is 6.74. The Morgan fingerprint density at radius 1 is 1.35 bits per heavy atom. The fourth-order valence-electron chi connectivity index (χ4n) is 1.47. The van der Waals surface area contributed by atoms with E-state index in [4.69, 9.17) is 4.74 Å². The summed E-state index contributed by atoms with van der Waals surface area (Å²) < 4.78 is 5.00. The zero-order valence-electron chi connectivity index (χ0n) is 11.4. The summed E-state index contributed by atoms with van der Waals surface area (Å²) in [5.41, 5.74) is 0.441. The van der Waals surface area contributed by atoms with Crippen molar-refractivity contribution in [3.05, 3.63) is 16.1 Å². The van der Waals surface area contributed by atoms with E-state index in [1.165, 1.54) is 0 Å². The first kappa shape index (κ1) is 14.6. The zero-order chi connectivity index (χ0) is 13.1. The van der Waals surface area contributed by atoms with Gasteiger partial charge in [-0.1, -0.05) is 20.8 Å². The van der Waals surface area contributed by atoms with E-state index in [9.17, 15) is 5.11 Å². The third-order valence-electron chi connectivity index (χ3n) is 2.70. The fraction of sp³-hybridized carbons (Fsp3) is 0.769. The van der Waals surface area contributed by atoms with Crippen LogP contribution in [0, 0.1) is 0 Å². The van der Waals surface area contributed by atoms with E-state index in [0.29, 0.717) is 19.4 Å². The molecular formula is C13H23NO2S. The summed E-state index contributed by atoms with van der Waals surface area (Å²) >= 11 is 1.62. The molecule has 1 heterocycles. The van der Waals surface area contributed by atoms with Gasteiger partial charge in [-0.3, -0.25) is 0 Å². The van der Waals surface area contributed by atoms with E-state index < -0.39 is 5.60 Å². The Bertz CT molecular complexity index is 353. The van der Waals surface area contributed by atoms with Crippen molar-refractivity contribution in [2.75, 3.05) is 13.7 Å². The van der Waals surface area contributed by atoms with Gasteiger partial charge in [0.25, 0.3) is 0 Å². The lowest BCUT2D eigenvalue weighted by molar-refractivity contribution is 0.0248. The van der Waals surface area contributed by atoms with E-state index in [1.807, 2.05) is 6.92 Å². The number of hydrogen-bond donors (Lipinski definition) is 1. The lowest BCUT2D eigenvalue weighted by atomic mass is 9.93. The predicted octanol–water partition coefficient (Wildman–Crippen LogP) is 2.77. The lowest BCUT2D eigenvalue weighted by Gasteiger charge is -2.21. The summed E-state index contributed by atoms with van der Waals surface area (Å²) in [6.45, 7) is 8.85. The van der Waals surface area contributed by atoms with Crippen LogP contribution in [0.15, 0.2) is 5.38 Å². The quantitative estimate of drug-likeness (QED) is 0.882. The first-order chi connectivity index (χ1) is 7.74. The normalized spacial score (nSPS) is 15.9. The summed E-state index contributed by atoms with van der Waals surface area (Å²) in [6.07, 6.45) is 1.23. The minimum atomic E-state index is -0.733. The highest BCUT2D eigenvalue weighted by molar-refractivity contribution is 7.09. The van der Waals surface area contributed by atoms with Crippen LogP contribution < -0.4 is 0 Å². The van der Waals surface area contributed by atoms with Crippen LogP contribution in [-0.2, 0) is 16.6 Å². The molecule has 0 bridgehead atoms. The van der Waals surface area contributed by atoms with Gasteiger partial charge in [-0.25, -0.2) is 4.98 Å². The summed E-state index contributed by atoms with van der Waals surface area (Å²) in [7, 11) is 1.65. The van der Waals surface area contributed by atoms with E-state index in [1.54, 1.807) is 18.4 Å². The Labute approximate surface area is 108 Å². The van der Waals surface area contributed by atoms with Crippen LogP contribution in [0.5, 0.6) is 0 Å². The number of nitrogens with zero attached hydrogens (tertiary/aromatic N) is 1. The number of thiazole rings is 1. The van der Waals surface area contributed by atoms with Gasteiger partial charge in [0, 0.05) is 30.9 Å². The van der Waals surface area contributed by atoms with Gasteiger partial charge in [-0.15, -0.1) is 11.3 Å². The highest BCUT2D eigenvalue weighted by Gasteiger charge is 2.24. The second kappa shape index (κ2) is 5.46. The van der Waals surface area contributed by atoms with Crippen molar-refractivity contribution >= 4 is 11.3 Å². The molecule has 0 aliphatic rings. The first-order valence-corrected chi connectivity index (χ1v) is 6.79. The van der Waals surface area contributed by atoms with Crippen LogP contribution >= 0.6 is 11.3 Å². The Morgan fingerprint density at radius 2 is 2.00 bits per heavy atom. The van der Waals surface area contributed by atoms with E-state index >= 15 is 0 Å². The van der Waals surface area contributed by atoms with Crippen LogP contribution in [-0.4, -0.2) is 29.4 Å². The lowest BCUT2D eigenvalue weighted by Crippen LogP contribution is -2.28. The van der Waals surface area contributed by atoms with Crippen molar-refractivity contribution in [2.24, 2.45) is 0 Å². The molecule has 0 saturated heterocycles. The number of ether oxygens (including phenoxy) is 1. The molecular weight excluding hydrogens is 234 g/mol. The van der Waals surface area contributed by atoms with Crippen molar-refractivity contribution in [3.8, 4) is 0 Å². The molecule has 0 aromatic carbocycles. The smallest absolute Gasteiger partial charge is 0.0957 e. The minimum absolute atomic E-state index is 0.0765. The van der Waals surface area contributed by atoms with Crippen molar-refractivity contribution < 1.29 is 9.84 Å². The van der Waals surface area contributed by atoms with Gasteiger partial charge in [-0.2, -0.15) is 0 Å². The van der Waals surface area contributed by atoms with E-state index in [2.05, 4.69) is 31.1 Å². The van der Waals surface area contributed by atoms with E-state index in [-0.39, 0.29) is 5.41 Å². The van der Waals surface area contributed by atoms with Crippen molar-refractivity contribution in [3.63, 3.8) is 0 Å². The van der Waals surface area contributed by atoms with Crippen LogP contribution in [0.3, 0.4) is 0 Å². The molecule has 98 valence electrons. The average Bonchev–Trinajstić information content (AvgIpc) is 2.62. The Morgan fingerprint density at radius 3 is 2.47 bits per heavy atom. The maximum atomic E-state index is 10.2. The maximum Gasteiger partial charge on any atom is 0.0957 e. The minimum Gasteiger partial charge on any atom is -0.390 e. The van der Waals surface area contributed by atoms with E-state index in [0.717, 1.165) is 10.7 Å². The number of aliphatic hydroxyl groups is 1. The van der Waals surface area contributed by atoms with Crippen molar-refractivity contribution in [1.29, 1.82) is 0 Å². The molecule has 0 fully saturated rings. The molecule has 4 heteroatoms.